The van der Waals surface area contributed by atoms with E-state index in [2.05, 4.69) is 15.9 Å². The molecule has 0 saturated carbocycles. The number of carbonyl (C=O) groups is 1. The quantitative estimate of drug-likeness (QED) is 0.753. The number of benzene rings is 2. The highest BCUT2D eigenvalue weighted by Gasteiger charge is 2.31. The van der Waals surface area contributed by atoms with Crippen molar-refractivity contribution in [1.29, 1.82) is 5.26 Å². The van der Waals surface area contributed by atoms with Crippen LogP contribution in [-0.2, 0) is 6.61 Å². The second kappa shape index (κ2) is 9.11. The molecule has 0 radical (unpaired) electrons. The fraction of sp³-hybridized carbons (Fsp3) is 0.417. The van der Waals surface area contributed by atoms with Gasteiger partial charge in [0.05, 0.1) is 11.6 Å². The molecule has 5 heteroatoms. The number of hydrogen-bond donors (Lipinski definition) is 0. The zero-order valence-electron chi connectivity index (χ0n) is 16.7. The van der Waals surface area contributed by atoms with Gasteiger partial charge in [0, 0.05) is 24.7 Å². The Labute approximate surface area is 172 Å². The Morgan fingerprint density at radius 2 is 1.86 bits per heavy atom. The van der Waals surface area contributed by atoms with Crippen LogP contribution < -0.4 is 4.74 Å². The number of ether oxygens (including phenoxy) is 1. The van der Waals surface area contributed by atoms with Gasteiger partial charge in [-0.15, -0.1) is 0 Å². The van der Waals surface area contributed by atoms with Crippen LogP contribution >= 0.6 is 0 Å². The first-order valence-electron chi connectivity index (χ1n) is 10.5. The molecule has 4 rings (SSSR count). The molecule has 150 valence electrons. The van der Waals surface area contributed by atoms with Crippen molar-refractivity contribution in [2.24, 2.45) is 0 Å². The lowest BCUT2D eigenvalue weighted by atomic mass is 10.1. The number of rotatable bonds is 6. The second-order valence-corrected chi connectivity index (χ2v) is 7.93. The Kier molecular flexibility index (Phi) is 6.12. The van der Waals surface area contributed by atoms with Crippen molar-refractivity contribution < 1.29 is 9.53 Å². The molecule has 29 heavy (non-hydrogen) atoms. The van der Waals surface area contributed by atoms with E-state index in [1.807, 2.05) is 42.5 Å². The minimum atomic E-state index is 0.125. The molecule has 0 spiro atoms. The SMILES string of the molecule is N#Cc1cccc(COc2ccc(C(=O)N3CCC[C@H]3CN3CCCC3)cc2)c1. The van der Waals surface area contributed by atoms with Gasteiger partial charge in [0.1, 0.15) is 12.4 Å². The van der Waals surface area contributed by atoms with E-state index in [0.717, 1.165) is 42.8 Å². The lowest BCUT2D eigenvalue weighted by Crippen LogP contribution is -2.42. The van der Waals surface area contributed by atoms with E-state index < -0.39 is 0 Å². The summed E-state index contributed by atoms with van der Waals surface area (Å²) in [6, 6.07) is 17.3. The lowest BCUT2D eigenvalue weighted by Gasteiger charge is -2.28. The Balaban J connectivity index is 1.35. The molecule has 2 aliphatic heterocycles. The van der Waals surface area contributed by atoms with Crippen molar-refractivity contribution >= 4 is 5.91 Å². The molecule has 0 N–H and O–H groups in total. The van der Waals surface area contributed by atoms with Gasteiger partial charge in [-0.2, -0.15) is 5.26 Å². The third-order valence-corrected chi connectivity index (χ3v) is 5.87. The van der Waals surface area contributed by atoms with E-state index >= 15 is 0 Å². The van der Waals surface area contributed by atoms with Gasteiger partial charge in [-0.1, -0.05) is 12.1 Å². The molecule has 5 nitrogen and oxygen atoms in total. The standard InChI is InChI=1S/C24H27N3O2/c25-16-19-5-3-6-20(15-19)18-29-23-10-8-21(9-11-23)24(28)27-14-4-7-22(27)17-26-12-1-2-13-26/h3,5-6,8-11,15,22H,1-2,4,7,12-14,17-18H2/t22-/m0/s1. The number of hydrogen-bond acceptors (Lipinski definition) is 4. The second-order valence-electron chi connectivity index (χ2n) is 7.93. The smallest absolute Gasteiger partial charge is 0.254 e. The highest BCUT2D eigenvalue weighted by Crippen LogP contribution is 2.23. The third kappa shape index (κ3) is 4.78. The Morgan fingerprint density at radius 3 is 2.62 bits per heavy atom. The molecule has 1 atom stereocenters. The van der Waals surface area contributed by atoms with Gasteiger partial charge in [-0.05, 0) is 80.7 Å². The van der Waals surface area contributed by atoms with Crippen LogP contribution in [0.4, 0.5) is 0 Å². The average molecular weight is 389 g/mol. The number of nitriles is 1. The molecule has 2 heterocycles. The average Bonchev–Trinajstić information content (AvgIpc) is 3.45. The van der Waals surface area contributed by atoms with Crippen molar-refractivity contribution in [3.8, 4) is 11.8 Å². The molecule has 0 bridgehead atoms. The predicted molar refractivity (Wildman–Crippen MR) is 112 cm³/mol. The third-order valence-electron chi connectivity index (χ3n) is 5.87. The van der Waals surface area contributed by atoms with Gasteiger partial charge in [-0.3, -0.25) is 4.79 Å². The molecule has 2 fully saturated rings. The number of carbonyl (C=O) groups excluding carboxylic acids is 1. The van der Waals surface area contributed by atoms with E-state index in [1.165, 1.54) is 25.9 Å². The van der Waals surface area contributed by atoms with Gasteiger partial charge >= 0.3 is 0 Å². The molecular formula is C24H27N3O2. The lowest BCUT2D eigenvalue weighted by molar-refractivity contribution is 0.0708. The van der Waals surface area contributed by atoms with Crippen LogP contribution in [0.25, 0.3) is 0 Å². The molecule has 2 aromatic carbocycles. The molecular weight excluding hydrogens is 362 g/mol. The van der Waals surface area contributed by atoms with Crippen LogP contribution in [0.15, 0.2) is 48.5 Å². The largest absolute Gasteiger partial charge is 0.489 e. The maximum atomic E-state index is 13.0. The molecule has 2 aromatic rings. The van der Waals surface area contributed by atoms with Gasteiger partial charge < -0.3 is 14.5 Å². The summed E-state index contributed by atoms with van der Waals surface area (Å²) in [7, 11) is 0. The molecule has 0 aliphatic carbocycles. The number of amides is 1. The van der Waals surface area contributed by atoms with Crippen LogP contribution in [0.2, 0.25) is 0 Å². The Bertz CT molecular complexity index is 882. The summed E-state index contributed by atoms with van der Waals surface area (Å²) in [5, 5.41) is 8.99. The minimum Gasteiger partial charge on any atom is -0.489 e. The maximum Gasteiger partial charge on any atom is 0.254 e. The summed E-state index contributed by atoms with van der Waals surface area (Å²) < 4.78 is 5.82. The molecule has 0 unspecified atom stereocenters. The van der Waals surface area contributed by atoms with Crippen molar-refractivity contribution in [2.45, 2.75) is 38.3 Å². The van der Waals surface area contributed by atoms with E-state index in [-0.39, 0.29) is 5.91 Å². The maximum absolute atomic E-state index is 13.0. The summed E-state index contributed by atoms with van der Waals surface area (Å²) >= 11 is 0. The van der Waals surface area contributed by atoms with E-state index in [0.29, 0.717) is 18.2 Å². The van der Waals surface area contributed by atoms with E-state index in [4.69, 9.17) is 10.00 Å². The fourth-order valence-electron chi connectivity index (χ4n) is 4.31. The first-order chi connectivity index (χ1) is 14.2. The Hall–Kier alpha value is -2.84. The zero-order valence-corrected chi connectivity index (χ0v) is 16.7. The fourth-order valence-corrected chi connectivity index (χ4v) is 4.31. The zero-order chi connectivity index (χ0) is 20.1. The molecule has 0 aromatic heterocycles. The number of nitrogens with zero attached hydrogens (tertiary/aromatic N) is 3. The van der Waals surface area contributed by atoms with E-state index in [1.54, 1.807) is 6.07 Å². The van der Waals surface area contributed by atoms with Crippen molar-refractivity contribution in [3.63, 3.8) is 0 Å². The Morgan fingerprint density at radius 1 is 1.07 bits per heavy atom. The van der Waals surface area contributed by atoms with Gasteiger partial charge in [-0.25, -0.2) is 0 Å². The first-order valence-corrected chi connectivity index (χ1v) is 10.5. The monoisotopic (exact) mass is 389 g/mol. The van der Waals surface area contributed by atoms with Crippen LogP contribution in [-0.4, -0.2) is 47.9 Å². The van der Waals surface area contributed by atoms with Gasteiger partial charge in [0.25, 0.3) is 5.91 Å². The molecule has 2 aliphatic rings. The summed E-state index contributed by atoms with van der Waals surface area (Å²) in [4.78, 5) is 17.6. The normalized spacial score (nSPS) is 19.3. The van der Waals surface area contributed by atoms with Crippen molar-refractivity contribution in [1.82, 2.24) is 9.80 Å². The van der Waals surface area contributed by atoms with Crippen LogP contribution in [0, 0.1) is 11.3 Å². The van der Waals surface area contributed by atoms with Crippen molar-refractivity contribution in [2.75, 3.05) is 26.2 Å². The predicted octanol–water partition coefficient (Wildman–Crippen LogP) is 3.84. The van der Waals surface area contributed by atoms with E-state index in [9.17, 15) is 4.79 Å². The van der Waals surface area contributed by atoms with Gasteiger partial charge in [0.15, 0.2) is 0 Å². The highest BCUT2D eigenvalue weighted by atomic mass is 16.5. The molecule has 2 saturated heterocycles. The summed E-state index contributed by atoms with van der Waals surface area (Å²) in [6.45, 7) is 4.59. The minimum absolute atomic E-state index is 0.125. The summed E-state index contributed by atoms with van der Waals surface area (Å²) in [6.07, 6.45) is 4.75. The van der Waals surface area contributed by atoms with Crippen molar-refractivity contribution in [3.05, 3.63) is 65.2 Å². The first kappa shape index (κ1) is 19.5. The highest BCUT2D eigenvalue weighted by molar-refractivity contribution is 5.94. The van der Waals surface area contributed by atoms with Crippen LogP contribution in [0.1, 0.15) is 47.2 Å². The van der Waals surface area contributed by atoms with Gasteiger partial charge in [0.2, 0.25) is 0 Å². The number of likely N-dealkylation sites (tertiary alicyclic amines) is 2. The summed E-state index contributed by atoms with van der Waals surface area (Å²) in [5.74, 6) is 0.846. The summed E-state index contributed by atoms with van der Waals surface area (Å²) in [5.41, 5.74) is 2.30. The van der Waals surface area contributed by atoms with Crippen LogP contribution in [0.3, 0.4) is 0 Å². The topological polar surface area (TPSA) is 56.6 Å². The van der Waals surface area contributed by atoms with Crippen LogP contribution in [0.5, 0.6) is 5.75 Å². The molecule has 1 amide bonds.